The highest BCUT2D eigenvalue weighted by Gasteiger charge is 2.55. The van der Waals surface area contributed by atoms with Crippen LogP contribution >= 0.6 is 0 Å². The van der Waals surface area contributed by atoms with Gasteiger partial charge < -0.3 is 5.73 Å². The van der Waals surface area contributed by atoms with E-state index in [1.807, 2.05) is 30.3 Å². The minimum atomic E-state index is -2.49. The molecule has 1 aliphatic carbocycles. The molecule has 1 nitrogen and oxygen atoms in total. The third kappa shape index (κ3) is 2.17. The number of alkyl halides is 2. The van der Waals surface area contributed by atoms with Crippen LogP contribution in [0.5, 0.6) is 0 Å². The second-order valence-corrected chi connectivity index (χ2v) is 4.58. The van der Waals surface area contributed by atoms with Crippen molar-refractivity contribution >= 4 is 0 Å². The highest BCUT2D eigenvalue weighted by molar-refractivity contribution is 5.19. The smallest absolute Gasteiger partial charge is 0.249 e. The van der Waals surface area contributed by atoms with E-state index in [1.165, 1.54) is 0 Å². The van der Waals surface area contributed by atoms with E-state index >= 15 is 0 Å². The summed E-state index contributed by atoms with van der Waals surface area (Å²) in [5.74, 6) is -2.49. The van der Waals surface area contributed by atoms with Crippen molar-refractivity contribution in [3.63, 3.8) is 0 Å². The summed E-state index contributed by atoms with van der Waals surface area (Å²) in [6, 6.07) is 9.71. The van der Waals surface area contributed by atoms with Crippen molar-refractivity contribution in [2.75, 3.05) is 6.54 Å². The van der Waals surface area contributed by atoms with Gasteiger partial charge in [0.1, 0.15) is 0 Å². The first-order valence-electron chi connectivity index (χ1n) is 5.17. The molecule has 0 radical (unpaired) electrons. The number of hydrogen-bond donors (Lipinski definition) is 1. The van der Waals surface area contributed by atoms with Gasteiger partial charge in [0.05, 0.1) is 0 Å². The van der Waals surface area contributed by atoms with Crippen LogP contribution in [-0.2, 0) is 6.42 Å². The highest BCUT2D eigenvalue weighted by Crippen LogP contribution is 2.52. The Labute approximate surface area is 88.3 Å². The Balaban J connectivity index is 2.05. The second kappa shape index (κ2) is 3.56. The van der Waals surface area contributed by atoms with E-state index in [9.17, 15) is 8.78 Å². The molecule has 0 heterocycles. The molecule has 15 heavy (non-hydrogen) atoms. The molecule has 1 aliphatic rings. The highest BCUT2D eigenvalue weighted by atomic mass is 19.3. The fraction of sp³-hybridized carbons (Fsp3) is 0.500. The van der Waals surface area contributed by atoms with Crippen LogP contribution in [0.25, 0.3) is 0 Å². The molecular weight excluding hydrogens is 196 g/mol. The van der Waals surface area contributed by atoms with Gasteiger partial charge in [0.2, 0.25) is 5.92 Å². The van der Waals surface area contributed by atoms with Crippen LogP contribution in [-0.4, -0.2) is 12.5 Å². The fourth-order valence-corrected chi connectivity index (χ4v) is 2.42. The third-order valence-corrected chi connectivity index (χ3v) is 3.12. The molecule has 0 amide bonds. The average molecular weight is 211 g/mol. The van der Waals surface area contributed by atoms with Crippen LogP contribution in [0.4, 0.5) is 8.78 Å². The summed E-state index contributed by atoms with van der Waals surface area (Å²) in [4.78, 5) is 0. The van der Waals surface area contributed by atoms with Gasteiger partial charge in [0.15, 0.2) is 0 Å². The third-order valence-electron chi connectivity index (χ3n) is 3.12. The van der Waals surface area contributed by atoms with Gasteiger partial charge in [-0.25, -0.2) is 8.78 Å². The van der Waals surface area contributed by atoms with Gasteiger partial charge in [-0.05, 0) is 23.9 Å². The van der Waals surface area contributed by atoms with E-state index in [0.717, 1.165) is 5.56 Å². The minimum absolute atomic E-state index is 0.0641. The topological polar surface area (TPSA) is 26.0 Å². The quantitative estimate of drug-likeness (QED) is 0.817. The first-order valence-corrected chi connectivity index (χ1v) is 5.17. The second-order valence-electron chi connectivity index (χ2n) is 4.58. The van der Waals surface area contributed by atoms with E-state index in [-0.39, 0.29) is 18.3 Å². The van der Waals surface area contributed by atoms with Crippen molar-refractivity contribution < 1.29 is 8.78 Å². The van der Waals surface area contributed by atoms with E-state index in [2.05, 4.69) is 0 Å². The van der Waals surface area contributed by atoms with Gasteiger partial charge >= 0.3 is 0 Å². The zero-order valence-electron chi connectivity index (χ0n) is 8.55. The maximum Gasteiger partial charge on any atom is 0.249 e. The maximum atomic E-state index is 12.9. The first-order chi connectivity index (χ1) is 7.05. The summed E-state index contributed by atoms with van der Waals surface area (Å²) < 4.78 is 25.7. The lowest BCUT2D eigenvalue weighted by molar-refractivity contribution is -0.156. The number of hydrogen-bond acceptors (Lipinski definition) is 1. The lowest BCUT2D eigenvalue weighted by Crippen LogP contribution is -2.51. The molecule has 1 saturated carbocycles. The lowest BCUT2D eigenvalue weighted by atomic mass is 9.63. The van der Waals surface area contributed by atoms with Crippen LogP contribution in [0.3, 0.4) is 0 Å². The van der Waals surface area contributed by atoms with Crippen molar-refractivity contribution in [1.29, 1.82) is 0 Å². The van der Waals surface area contributed by atoms with Crippen LogP contribution in [0, 0.1) is 5.41 Å². The van der Waals surface area contributed by atoms with Crippen LogP contribution in [0.1, 0.15) is 18.4 Å². The summed E-state index contributed by atoms with van der Waals surface area (Å²) >= 11 is 0. The Morgan fingerprint density at radius 1 is 1.13 bits per heavy atom. The number of nitrogens with two attached hydrogens (primary N) is 1. The number of benzene rings is 1. The van der Waals surface area contributed by atoms with E-state index in [0.29, 0.717) is 13.0 Å². The first kappa shape index (κ1) is 10.6. The Bertz CT molecular complexity index is 327. The summed E-state index contributed by atoms with van der Waals surface area (Å²) in [7, 11) is 0. The molecule has 3 heteroatoms. The van der Waals surface area contributed by atoms with E-state index in [1.54, 1.807) is 0 Å². The van der Waals surface area contributed by atoms with Crippen molar-refractivity contribution in [1.82, 2.24) is 0 Å². The molecular formula is C12H15F2N. The predicted molar refractivity (Wildman–Crippen MR) is 55.8 cm³/mol. The fourth-order valence-electron chi connectivity index (χ4n) is 2.42. The molecule has 82 valence electrons. The summed E-state index contributed by atoms with van der Waals surface area (Å²) in [5, 5.41) is 0. The Morgan fingerprint density at radius 3 is 2.20 bits per heavy atom. The summed E-state index contributed by atoms with van der Waals surface area (Å²) in [6.45, 7) is 0.345. The minimum Gasteiger partial charge on any atom is -0.330 e. The van der Waals surface area contributed by atoms with Gasteiger partial charge in [-0.1, -0.05) is 30.3 Å². The lowest BCUT2D eigenvalue weighted by Gasteiger charge is -2.47. The van der Waals surface area contributed by atoms with Gasteiger partial charge in [-0.3, -0.25) is 0 Å². The summed E-state index contributed by atoms with van der Waals surface area (Å²) in [6.07, 6.45) is 0.538. The van der Waals surface area contributed by atoms with Gasteiger partial charge in [-0.2, -0.15) is 0 Å². The summed E-state index contributed by atoms with van der Waals surface area (Å²) in [5.41, 5.74) is 6.33. The Kier molecular flexibility index (Phi) is 2.51. The van der Waals surface area contributed by atoms with Crippen molar-refractivity contribution in [3.8, 4) is 0 Å². The van der Waals surface area contributed by atoms with Gasteiger partial charge in [0.25, 0.3) is 0 Å². The molecule has 2 rings (SSSR count). The van der Waals surface area contributed by atoms with Crippen molar-refractivity contribution in [2.45, 2.75) is 25.2 Å². The largest absolute Gasteiger partial charge is 0.330 e. The predicted octanol–water partition coefficient (Wildman–Crippen LogP) is 2.60. The van der Waals surface area contributed by atoms with Gasteiger partial charge in [0, 0.05) is 12.8 Å². The molecule has 1 aromatic rings. The molecule has 1 fully saturated rings. The van der Waals surface area contributed by atoms with E-state index in [4.69, 9.17) is 5.73 Å². The monoisotopic (exact) mass is 211 g/mol. The van der Waals surface area contributed by atoms with Crippen LogP contribution < -0.4 is 5.73 Å². The molecule has 1 aromatic carbocycles. The number of rotatable bonds is 3. The number of halogens is 2. The van der Waals surface area contributed by atoms with Crippen molar-refractivity contribution in [3.05, 3.63) is 35.9 Å². The molecule has 2 N–H and O–H groups in total. The van der Waals surface area contributed by atoms with Gasteiger partial charge in [-0.15, -0.1) is 0 Å². The Morgan fingerprint density at radius 2 is 1.73 bits per heavy atom. The molecule has 0 bridgehead atoms. The molecule has 0 atom stereocenters. The standard InChI is InChI=1S/C12H15F2N/c13-12(14)7-11(8-12,9-15)6-10-4-2-1-3-5-10/h1-5H,6-9,15H2. The maximum absolute atomic E-state index is 12.9. The molecule has 0 spiro atoms. The molecule has 0 saturated heterocycles. The molecule has 0 unspecified atom stereocenters. The van der Waals surface area contributed by atoms with Crippen molar-refractivity contribution in [2.24, 2.45) is 11.1 Å². The zero-order valence-corrected chi connectivity index (χ0v) is 8.55. The SMILES string of the molecule is NCC1(Cc2ccccc2)CC(F)(F)C1. The molecule has 0 aromatic heterocycles. The van der Waals surface area contributed by atoms with E-state index < -0.39 is 5.92 Å². The normalized spacial score (nSPS) is 22.1. The molecule has 0 aliphatic heterocycles. The zero-order chi connectivity index (χ0) is 10.9. The van der Waals surface area contributed by atoms with Crippen LogP contribution in [0.15, 0.2) is 30.3 Å². The Hall–Kier alpha value is -0.960. The average Bonchev–Trinajstić information content (AvgIpc) is 2.16. The van der Waals surface area contributed by atoms with Crippen LogP contribution in [0.2, 0.25) is 0 Å².